The molecule has 1 aliphatic heterocycles. The van der Waals surface area contributed by atoms with Gasteiger partial charge < -0.3 is 15.3 Å². The summed E-state index contributed by atoms with van der Waals surface area (Å²) in [5, 5.41) is 11.8. The summed E-state index contributed by atoms with van der Waals surface area (Å²) in [5.74, 6) is 0. The van der Waals surface area contributed by atoms with Crippen molar-refractivity contribution in [2.24, 2.45) is 0 Å². The van der Waals surface area contributed by atoms with Crippen molar-refractivity contribution in [1.29, 1.82) is 0 Å². The van der Waals surface area contributed by atoms with Crippen LogP contribution < -0.4 is 5.32 Å². The van der Waals surface area contributed by atoms with Crippen LogP contribution in [0.1, 0.15) is 32.6 Å². The number of aliphatic hydroxyl groups excluding tert-OH is 1. The molecule has 1 heterocycles. The third-order valence-electron chi connectivity index (χ3n) is 5.64. The largest absolute Gasteiger partial charge is 0.395 e. The number of carbonyl (C=O) groups is 1. The number of benzene rings is 1. The monoisotopic (exact) mass is 395 g/mol. The maximum Gasteiger partial charge on any atom is 0.321 e. The molecule has 1 unspecified atom stereocenters. The maximum atomic E-state index is 12.8. The highest BCUT2D eigenvalue weighted by Crippen LogP contribution is 2.30. The van der Waals surface area contributed by atoms with E-state index in [1.807, 2.05) is 6.92 Å². The van der Waals surface area contributed by atoms with Crippen LogP contribution in [-0.4, -0.2) is 73.4 Å². The van der Waals surface area contributed by atoms with Gasteiger partial charge in [0.2, 0.25) is 0 Å². The van der Waals surface area contributed by atoms with Gasteiger partial charge in [0.05, 0.1) is 16.8 Å². The molecule has 1 atom stereocenters. The van der Waals surface area contributed by atoms with Crippen molar-refractivity contribution in [3.8, 4) is 0 Å². The number of rotatable bonds is 5. The molecule has 0 bridgehead atoms. The second-order valence-corrected chi connectivity index (χ2v) is 9.69. The number of hydrogen-bond donors (Lipinski definition) is 2. The number of sulfone groups is 1. The van der Waals surface area contributed by atoms with E-state index in [1.54, 1.807) is 29.2 Å². The van der Waals surface area contributed by atoms with Crippen LogP contribution in [-0.2, 0) is 9.84 Å². The number of aliphatic hydroxyl groups is 1. The van der Waals surface area contributed by atoms with E-state index < -0.39 is 9.84 Å². The van der Waals surface area contributed by atoms with Crippen molar-refractivity contribution in [3.05, 3.63) is 24.3 Å². The quantitative estimate of drug-likeness (QED) is 0.795. The van der Waals surface area contributed by atoms with Crippen LogP contribution >= 0.6 is 0 Å². The molecule has 8 heteroatoms. The van der Waals surface area contributed by atoms with E-state index in [4.69, 9.17) is 0 Å². The third kappa shape index (κ3) is 4.62. The number of piperazine rings is 1. The molecule has 7 nitrogen and oxygen atoms in total. The fourth-order valence-electron chi connectivity index (χ4n) is 3.83. The van der Waals surface area contributed by atoms with Gasteiger partial charge in [0.15, 0.2) is 9.84 Å². The van der Waals surface area contributed by atoms with Crippen LogP contribution in [0.5, 0.6) is 0 Å². The third-order valence-corrected chi connectivity index (χ3v) is 7.90. The number of hydrogen-bond acceptors (Lipinski definition) is 5. The Morgan fingerprint density at radius 3 is 2.52 bits per heavy atom. The van der Waals surface area contributed by atoms with Gasteiger partial charge in [-0.15, -0.1) is 0 Å². The zero-order chi connectivity index (χ0) is 19.4. The SMILES string of the molecule is CC(CO)N1CCN(C(=O)Nc2cccc(S(=O)(=O)C3CCCC3)c2)CC1. The predicted octanol–water partition coefficient (Wildman–Crippen LogP) is 1.93. The molecule has 0 aromatic heterocycles. The molecule has 1 saturated carbocycles. The molecule has 27 heavy (non-hydrogen) atoms. The van der Waals surface area contributed by atoms with E-state index in [9.17, 15) is 18.3 Å². The zero-order valence-corrected chi connectivity index (χ0v) is 16.6. The summed E-state index contributed by atoms with van der Waals surface area (Å²) < 4.78 is 25.5. The number of nitrogens with one attached hydrogen (secondary N) is 1. The van der Waals surface area contributed by atoms with Gasteiger partial charge in [-0.05, 0) is 38.0 Å². The van der Waals surface area contributed by atoms with Gasteiger partial charge in [0, 0.05) is 37.9 Å². The fourth-order valence-corrected chi connectivity index (χ4v) is 5.72. The lowest BCUT2D eigenvalue weighted by Gasteiger charge is -2.37. The van der Waals surface area contributed by atoms with E-state index in [-0.39, 0.29) is 28.8 Å². The highest BCUT2D eigenvalue weighted by molar-refractivity contribution is 7.92. The molecular formula is C19H29N3O4S. The van der Waals surface area contributed by atoms with Gasteiger partial charge in [-0.2, -0.15) is 0 Å². The Morgan fingerprint density at radius 1 is 1.22 bits per heavy atom. The molecule has 0 radical (unpaired) electrons. The van der Waals surface area contributed by atoms with Gasteiger partial charge in [-0.25, -0.2) is 13.2 Å². The van der Waals surface area contributed by atoms with E-state index >= 15 is 0 Å². The molecule has 150 valence electrons. The van der Waals surface area contributed by atoms with Crippen LogP contribution in [0.2, 0.25) is 0 Å². The summed E-state index contributed by atoms with van der Waals surface area (Å²) >= 11 is 0. The first kappa shape index (κ1) is 20.1. The summed E-state index contributed by atoms with van der Waals surface area (Å²) in [5.41, 5.74) is 0.505. The minimum Gasteiger partial charge on any atom is -0.395 e. The molecule has 2 amide bonds. The average Bonchev–Trinajstić information content (AvgIpc) is 3.23. The highest BCUT2D eigenvalue weighted by atomic mass is 32.2. The Bertz CT molecular complexity index is 754. The van der Waals surface area contributed by atoms with Crippen molar-refractivity contribution in [1.82, 2.24) is 9.80 Å². The van der Waals surface area contributed by atoms with Crippen molar-refractivity contribution in [2.75, 3.05) is 38.1 Å². The van der Waals surface area contributed by atoms with Crippen molar-refractivity contribution in [2.45, 2.75) is 48.8 Å². The standard InChI is InChI=1S/C19H29N3O4S/c1-15(14-23)21-9-11-22(12-10-21)19(24)20-16-5-4-8-18(13-16)27(25,26)17-6-2-3-7-17/h4-5,8,13,15,17,23H,2-3,6-7,9-12,14H2,1H3,(H,20,24). The number of urea groups is 1. The van der Waals surface area contributed by atoms with Crippen molar-refractivity contribution < 1.29 is 18.3 Å². The van der Waals surface area contributed by atoms with Gasteiger partial charge in [0.1, 0.15) is 0 Å². The minimum absolute atomic E-state index is 0.0905. The fraction of sp³-hybridized carbons (Fsp3) is 0.632. The summed E-state index contributed by atoms with van der Waals surface area (Å²) in [6.45, 7) is 4.66. The van der Waals surface area contributed by atoms with Crippen LogP contribution in [0, 0.1) is 0 Å². The van der Waals surface area contributed by atoms with Gasteiger partial charge in [0.25, 0.3) is 0 Å². The summed E-state index contributed by atoms with van der Waals surface area (Å²) in [6.07, 6.45) is 3.35. The topological polar surface area (TPSA) is 89.9 Å². The molecule has 1 aromatic carbocycles. The number of anilines is 1. The van der Waals surface area contributed by atoms with Crippen LogP contribution in [0.15, 0.2) is 29.2 Å². The minimum atomic E-state index is -3.34. The summed E-state index contributed by atoms with van der Waals surface area (Å²) in [7, 11) is -3.34. The van der Waals surface area contributed by atoms with Crippen LogP contribution in [0.3, 0.4) is 0 Å². The van der Waals surface area contributed by atoms with Crippen LogP contribution in [0.4, 0.5) is 10.5 Å². The first-order valence-corrected chi connectivity index (χ1v) is 11.2. The molecule has 0 spiro atoms. The lowest BCUT2D eigenvalue weighted by atomic mass is 10.2. The molecule has 3 rings (SSSR count). The molecule has 1 aliphatic carbocycles. The van der Waals surface area contributed by atoms with Gasteiger partial charge >= 0.3 is 6.03 Å². The first-order chi connectivity index (χ1) is 12.9. The summed E-state index contributed by atoms with van der Waals surface area (Å²) in [4.78, 5) is 16.7. The molecule has 2 N–H and O–H groups in total. The Hall–Kier alpha value is -1.64. The Kier molecular flexibility index (Phi) is 6.39. The maximum absolute atomic E-state index is 12.8. The van der Waals surface area contributed by atoms with E-state index in [2.05, 4.69) is 10.2 Å². The number of nitrogens with zero attached hydrogens (tertiary/aromatic N) is 2. The Labute approximate surface area is 161 Å². The Morgan fingerprint density at radius 2 is 1.89 bits per heavy atom. The van der Waals surface area contributed by atoms with Crippen molar-refractivity contribution >= 4 is 21.6 Å². The van der Waals surface area contributed by atoms with Crippen molar-refractivity contribution in [3.63, 3.8) is 0 Å². The summed E-state index contributed by atoms with van der Waals surface area (Å²) in [6, 6.07) is 6.44. The van der Waals surface area contributed by atoms with E-state index in [0.29, 0.717) is 31.9 Å². The Balaban J connectivity index is 1.62. The number of carbonyl (C=O) groups excluding carboxylic acids is 1. The van der Waals surface area contributed by atoms with Gasteiger partial charge in [-0.3, -0.25) is 4.90 Å². The smallest absolute Gasteiger partial charge is 0.321 e. The molecule has 2 aliphatic rings. The molecule has 1 saturated heterocycles. The van der Waals surface area contributed by atoms with Gasteiger partial charge in [-0.1, -0.05) is 18.9 Å². The second kappa shape index (κ2) is 8.58. The zero-order valence-electron chi connectivity index (χ0n) is 15.8. The predicted molar refractivity (Wildman–Crippen MR) is 105 cm³/mol. The highest BCUT2D eigenvalue weighted by Gasteiger charge is 2.30. The lowest BCUT2D eigenvalue weighted by Crippen LogP contribution is -2.53. The number of amides is 2. The normalized spacial score (nSPS) is 20.6. The lowest BCUT2D eigenvalue weighted by molar-refractivity contribution is 0.0870. The molecular weight excluding hydrogens is 366 g/mol. The molecule has 1 aromatic rings. The average molecular weight is 396 g/mol. The van der Waals surface area contributed by atoms with E-state index in [1.165, 1.54) is 0 Å². The first-order valence-electron chi connectivity index (χ1n) is 9.66. The molecule has 2 fully saturated rings. The van der Waals surface area contributed by atoms with Crippen LogP contribution in [0.25, 0.3) is 0 Å². The van der Waals surface area contributed by atoms with E-state index in [0.717, 1.165) is 25.7 Å². The second-order valence-electron chi connectivity index (χ2n) is 7.46.